The standard InChI is InChI=1S/C13H18O2/c1-2-13(12(15-13)8-9-14)10-11-6-4-3-5-7-11/h3-7,12,14H,2,8-10H2,1H3. The van der Waals surface area contributed by atoms with E-state index in [1.165, 1.54) is 5.56 Å². The molecule has 2 heteroatoms. The van der Waals surface area contributed by atoms with Crippen molar-refractivity contribution in [1.29, 1.82) is 0 Å². The molecule has 1 fully saturated rings. The Morgan fingerprint density at radius 2 is 2.07 bits per heavy atom. The van der Waals surface area contributed by atoms with Crippen LogP contribution in [-0.2, 0) is 11.2 Å². The van der Waals surface area contributed by atoms with Gasteiger partial charge in [-0.1, -0.05) is 37.3 Å². The van der Waals surface area contributed by atoms with Gasteiger partial charge in [0.25, 0.3) is 0 Å². The van der Waals surface area contributed by atoms with Crippen molar-refractivity contribution in [3.63, 3.8) is 0 Å². The minimum Gasteiger partial charge on any atom is -0.396 e. The molecule has 1 aliphatic heterocycles. The number of ether oxygens (including phenoxy) is 1. The number of hydrogen-bond acceptors (Lipinski definition) is 2. The first-order chi connectivity index (χ1) is 7.30. The third-order valence-electron chi connectivity index (χ3n) is 3.24. The van der Waals surface area contributed by atoms with Crippen LogP contribution >= 0.6 is 0 Å². The summed E-state index contributed by atoms with van der Waals surface area (Å²) in [6.07, 6.45) is 3.01. The predicted octanol–water partition coefficient (Wildman–Crippen LogP) is 2.16. The van der Waals surface area contributed by atoms with Crippen LogP contribution in [0.25, 0.3) is 0 Å². The summed E-state index contributed by atoms with van der Waals surface area (Å²) in [5, 5.41) is 8.89. The summed E-state index contributed by atoms with van der Waals surface area (Å²) in [6, 6.07) is 10.4. The van der Waals surface area contributed by atoms with E-state index in [1.807, 2.05) is 6.07 Å². The number of epoxide rings is 1. The summed E-state index contributed by atoms with van der Waals surface area (Å²) in [5.41, 5.74) is 1.32. The molecule has 0 amide bonds. The first-order valence-electron chi connectivity index (χ1n) is 5.63. The van der Waals surface area contributed by atoms with Crippen molar-refractivity contribution >= 4 is 0 Å². The molecular formula is C13H18O2. The third kappa shape index (κ3) is 2.21. The van der Waals surface area contributed by atoms with Gasteiger partial charge in [0.2, 0.25) is 0 Å². The van der Waals surface area contributed by atoms with Crippen molar-refractivity contribution < 1.29 is 9.84 Å². The van der Waals surface area contributed by atoms with E-state index in [4.69, 9.17) is 9.84 Å². The lowest BCUT2D eigenvalue weighted by atomic mass is 9.92. The van der Waals surface area contributed by atoms with Gasteiger partial charge in [0, 0.05) is 13.0 Å². The maximum absolute atomic E-state index is 8.89. The van der Waals surface area contributed by atoms with Crippen molar-refractivity contribution in [2.75, 3.05) is 6.61 Å². The van der Waals surface area contributed by atoms with Gasteiger partial charge < -0.3 is 9.84 Å². The fourth-order valence-electron chi connectivity index (χ4n) is 2.22. The molecule has 1 aromatic rings. The molecule has 1 heterocycles. The zero-order valence-corrected chi connectivity index (χ0v) is 9.15. The Bertz CT molecular complexity index is 310. The van der Waals surface area contributed by atoms with Crippen molar-refractivity contribution in [2.24, 2.45) is 0 Å². The number of aliphatic hydroxyl groups is 1. The fourth-order valence-corrected chi connectivity index (χ4v) is 2.22. The smallest absolute Gasteiger partial charge is 0.0986 e. The molecule has 2 nitrogen and oxygen atoms in total. The maximum Gasteiger partial charge on any atom is 0.0986 e. The van der Waals surface area contributed by atoms with Crippen LogP contribution in [0.1, 0.15) is 25.3 Å². The van der Waals surface area contributed by atoms with Crippen LogP contribution in [0.5, 0.6) is 0 Å². The highest BCUT2D eigenvalue weighted by molar-refractivity contribution is 5.20. The second kappa shape index (κ2) is 4.33. The lowest BCUT2D eigenvalue weighted by Gasteiger charge is -2.10. The lowest BCUT2D eigenvalue weighted by Crippen LogP contribution is -2.18. The molecule has 2 unspecified atom stereocenters. The molecule has 0 aromatic heterocycles. The van der Waals surface area contributed by atoms with Gasteiger partial charge >= 0.3 is 0 Å². The Morgan fingerprint density at radius 1 is 1.33 bits per heavy atom. The zero-order valence-electron chi connectivity index (χ0n) is 9.15. The van der Waals surface area contributed by atoms with Crippen LogP contribution in [0, 0.1) is 0 Å². The van der Waals surface area contributed by atoms with Crippen molar-refractivity contribution in [3.8, 4) is 0 Å². The molecule has 1 aromatic carbocycles. The summed E-state index contributed by atoms with van der Waals surface area (Å²) in [7, 11) is 0. The number of rotatable bonds is 5. The second-order valence-corrected chi connectivity index (χ2v) is 4.20. The van der Waals surface area contributed by atoms with Crippen molar-refractivity contribution in [3.05, 3.63) is 35.9 Å². The summed E-state index contributed by atoms with van der Waals surface area (Å²) < 4.78 is 5.74. The highest BCUT2D eigenvalue weighted by atomic mass is 16.6. The molecule has 0 saturated carbocycles. The van der Waals surface area contributed by atoms with Gasteiger partial charge in [-0.2, -0.15) is 0 Å². The van der Waals surface area contributed by atoms with Gasteiger partial charge in [-0.25, -0.2) is 0 Å². The highest BCUT2D eigenvalue weighted by Crippen LogP contribution is 2.44. The van der Waals surface area contributed by atoms with Crippen molar-refractivity contribution in [1.82, 2.24) is 0 Å². The van der Waals surface area contributed by atoms with E-state index in [1.54, 1.807) is 0 Å². The largest absolute Gasteiger partial charge is 0.396 e. The molecule has 1 saturated heterocycles. The zero-order chi connectivity index (χ0) is 10.7. The molecule has 2 atom stereocenters. The molecule has 1 aliphatic rings. The van der Waals surface area contributed by atoms with E-state index in [-0.39, 0.29) is 18.3 Å². The summed E-state index contributed by atoms with van der Waals surface area (Å²) >= 11 is 0. The third-order valence-corrected chi connectivity index (χ3v) is 3.24. The van der Waals surface area contributed by atoms with Crippen LogP contribution in [0.3, 0.4) is 0 Å². The average Bonchev–Trinajstić information content (AvgIpc) is 2.94. The Labute approximate surface area is 90.9 Å². The van der Waals surface area contributed by atoms with Gasteiger partial charge in [-0.15, -0.1) is 0 Å². The van der Waals surface area contributed by atoms with E-state index in [2.05, 4.69) is 31.2 Å². The maximum atomic E-state index is 8.89. The van der Waals surface area contributed by atoms with E-state index >= 15 is 0 Å². The molecule has 0 spiro atoms. The van der Waals surface area contributed by atoms with E-state index < -0.39 is 0 Å². The Hall–Kier alpha value is -0.860. The Morgan fingerprint density at radius 3 is 2.67 bits per heavy atom. The molecule has 1 N–H and O–H groups in total. The van der Waals surface area contributed by atoms with Crippen LogP contribution in [-0.4, -0.2) is 23.4 Å². The van der Waals surface area contributed by atoms with Crippen LogP contribution < -0.4 is 0 Å². The SMILES string of the molecule is CCC1(Cc2ccccc2)OC1CCO. The van der Waals surface area contributed by atoms with Gasteiger partial charge in [0.05, 0.1) is 11.7 Å². The molecule has 0 bridgehead atoms. The number of hydrogen-bond donors (Lipinski definition) is 1. The van der Waals surface area contributed by atoms with E-state index in [0.29, 0.717) is 0 Å². The molecule has 2 rings (SSSR count). The summed E-state index contributed by atoms with van der Waals surface area (Å²) in [5.74, 6) is 0. The predicted molar refractivity (Wildman–Crippen MR) is 59.7 cm³/mol. The highest BCUT2D eigenvalue weighted by Gasteiger charge is 2.53. The first-order valence-corrected chi connectivity index (χ1v) is 5.63. The van der Waals surface area contributed by atoms with Gasteiger partial charge in [-0.3, -0.25) is 0 Å². The summed E-state index contributed by atoms with van der Waals surface area (Å²) in [6.45, 7) is 2.38. The Kier molecular flexibility index (Phi) is 3.08. The average molecular weight is 206 g/mol. The molecule has 0 radical (unpaired) electrons. The van der Waals surface area contributed by atoms with Crippen LogP contribution in [0.4, 0.5) is 0 Å². The monoisotopic (exact) mass is 206 g/mol. The van der Waals surface area contributed by atoms with Gasteiger partial charge in [0.1, 0.15) is 0 Å². The lowest BCUT2D eigenvalue weighted by molar-refractivity contribution is 0.252. The number of benzene rings is 1. The van der Waals surface area contributed by atoms with Crippen molar-refractivity contribution in [2.45, 2.75) is 37.9 Å². The minimum atomic E-state index is 0.00405. The molecule has 0 aliphatic carbocycles. The normalized spacial score (nSPS) is 29.1. The molecular weight excluding hydrogens is 188 g/mol. The Balaban J connectivity index is 1.99. The summed E-state index contributed by atoms with van der Waals surface area (Å²) in [4.78, 5) is 0. The minimum absolute atomic E-state index is 0.00405. The first kappa shape index (κ1) is 10.7. The van der Waals surface area contributed by atoms with Gasteiger partial charge in [0.15, 0.2) is 0 Å². The molecule has 82 valence electrons. The molecule has 15 heavy (non-hydrogen) atoms. The van der Waals surface area contributed by atoms with E-state index in [9.17, 15) is 0 Å². The van der Waals surface area contributed by atoms with Crippen LogP contribution in [0.2, 0.25) is 0 Å². The van der Waals surface area contributed by atoms with E-state index in [0.717, 1.165) is 19.3 Å². The fraction of sp³-hybridized carbons (Fsp3) is 0.538. The second-order valence-electron chi connectivity index (χ2n) is 4.20. The van der Waals surface area contributed by atoms with Crippen LogP contribution in [0.15, 0.2) is 30.3 Å². The van der Waals surface area contributed by atoms with Gasteiger partial charge in [-0.05, 0) is 18.4 Å². The topological polar surface area (TPSA) is 32.8 Å². The quantitative estimate of drug-likeness (QED) is 0.749. The number of aliphatic hydroxyl groups excluding tert-OH is 1.